The summed E-state index contributed by atoms with van der Waals surface area (Å²) in [5.74, 6) is 0.513. The number of carbonyl (C=O) groups is 1. The maximum Gasteiger partial charge on any atom is 0.244 e. The number of para-hydroxylation sites is 1. The molecule has 3 rings (SSSR count). The van der Waals surface area contributed by atoms with Crippen LogP contribution in [-0.4, -0.2) is 57.9 Å². The van der Waals surface area contributed by atoms with Crippen molar-refractivity contribution in [3.05, 3.63) is 24.3 Å². The fourth-order valence-electron chi connectivity index (χ4n) is 4.27. The first-order chi connectivity index (χ1) is 14.4. The molecule has 1 saturated carbocycles. The Hall–Kier alpha value is -1.68. The first-order valence-electron chi connectivity index (χ1n) is 10.6. The molecule has 30 heavy (non-hydrogen) atoms. The Morgan fingerprint density at radius 1 is 1.20 bits per heavy atom. The van der Waals surface area contributed by atoms with E-state index in [1.165, 1.54) is 13.2 Å². The van der Waals surface area contributed by atoms with E-state index in [1.54, 1.807) is 18.2 Å². The van der Waals surface area contributed by atoms with E-state index in [4.69, 9.17) is 9.47 Å². The third-order valence-corrected chi connectivity index (χ3v) is 7.48. The van der Waals surface area contributed by atoms with Crippen molar-refractivity contribution in [3.8, 4) is 5.75 Å². The number of carbonyl (C=O) groups excluding carboxylic acids is 1. The molecule has 0 bridgehead atoms. The smallest absolute Gasteiger partial charge is 0.244 e. The number of aliphatic hydroxyl groups excluding tert-OH is 1. The third-order valence-electron chi connectivity index (χ3n) is 5.95. The van der Waals surface area contributed by atoms with Crippen LogP contribution in [0, 0.1) is 5.92 Å². The summed E-state index contributed by atoms with van der Waals surface area (Å²) in [5, 5.41) is 12.7. The standard InChI is InChI=1S/C21H32N2O6S/c1-28-18-8-4-5-9-20(18)30(26,27)23-17-11-10-16(29-19(17)14-24)12-13-22-21(25)15-6-2-3-7-15/h4-5,8-9,15-17,19,23-24H,2-3,6-7,10-14H2,1H3,(H,22,25)/t16-,17-,19-/m0/s1. The molecule has 1 aromatic carbocycles. The molecule has 0 aromatic heterocycles. The summed E-state index contributed by atoms with van der Waals surface area (Å²) in [6, 6.07) is 5.87. The lowest BCUT2D eigenvalue weighted by Gasteiger charge is -2.36. The molecule has 0 unspecified atom stereocenters. The Balaban J connectivity index is 1.52. The second-order valence-corrected chi connectivity index (χ2v) is 9.68. The first-order valence-corrected chi connectivity index (χ1v) is 12.1. The molecule has 1 aromatic rings. The number of rotatable bonds is 9. The van der Waals surface area contributed by atoms with Crippen molar-refractivity contribution in [2.45, 2.75) is 68.1 Å². The second-order valence-electron chi connectivity index (χ2n) is 8.00. The summed E-state index contributed by atoms with van der Waals surface area (Å²) >= 11 is 0. The van der Waals surface area contributed by atoms with Gasteiger partial charge in [0, 0.05) is 12.5 Å². The van der Waals surface area contributed by atoms with E-state index in [0.29, 0.717) is 25.8 Å². The largest absolute Gasteiger partial charge is 0.495 e. The van der Waals surface area contributed by atoms with Crippen LogP contribution in [0.5, 0.6) is 5.75 Å². The van der Waals surface area contributed by atoms with Crippen molar-refractivity contribution < 1.29 is 27.8 Å². The van der Waals surface area contributed by atoms with Crippen LogP contribution in [0.3, 0.4) is 0 Å². The van der Waals surface area contributed by atoms with Gasteiger partial charge in [0.05, 0.1) is 32.0 Å². The van der Waals surface area contributed by atoms with Gasteiger partial charge in [0.1, 0.15) is 10.6 Å². The maximum atomic E-state index is 12.8. The van der Waals surface area contributed by atoms with Crippen LogP contribution in [0.4, 0.5) is 0 Å². The average Bonchev–Trinajstić information content (AvgIpc) is 3.29. The molecule has 1 saturated heterocycles. The van der Waals surface area contributed by atoms with Gasteiger partial charge in [-0.3, -0.25) is 4.79 Å². The summed E-state index contributed by atoms with van der Waals surface area (Å²) in [4.78, 5) is 12.2. The fraction of sp³-hybridized carbons (Fsp3) is 0.667. The number of ether oxygens (including phenoxy) is 2. The maximum absolute atomic E-state index is 12.8. The molecule has 3 atom stereocenters. The van der Waals surface area contributed by atoms with Gasteiger partial charge in [0.2, 0.25) is 15.9 Å². The monoisotopic (exact) mass is 440 g/mol. The van der Waals surface area contributed by atoms with Gasteiger partial charge in [-0.05, 0) is 44.2 Å². The Bertz CT molecular complexity index is 809. The van der Waals surface area contributed by atoms with Crippen LogP contribution in [0.15, 0.2) is 29.2 Å². The highest BCUT2D eigenvalue weighted by Gasteiger charge is 2.34. The Morgan fingerprint density at radius 3 is 2.63 bits per heavy atom. The molecule has 168 valence electrons. The molecular weight excluding hydrogens is 408 g/mol. The van der Waals surface area contributed by atoms with Crippen molar-refractivity contribution >= 4 is 15.9 Å². The number of hydrogen-bond donors (Lipinski definition) is 3. The number of hydrogen-bond acceptors (Lipinski definition) is 6. The van der Waals surface area contributed by atoms with Crippen molar-refractivity contribution in [2.24, 2.45) is 5.92 Å². The predicted octanol–water partition coefficient (Wildman–Crippen LogP) is 1.58. The summed E-state index contributed by atoms with van der Waals surface area (Å²) in [6.07, 6.45) is 5.23. The molecule has 1 aliphatic heterocycles. The van der Waals surface area contributed by atoms with E-state index in [1.807, 2.05) is 0 Å². The number of methoxy groups -OCH3 is 1. The minimum Gasteiger partial charge on any atom is -0.495 e. The van der Waals surface area contributed by atoms with E-state index in [9.17, 15) is 18.3 Å². The van der Waals surface area contributed by atoms with Crippen molar-refractivity contribution in [3.63, 3.8) is 0 Å². The van der Waals surface area contributed by atoms with Gasteiger partial charge in [-0.25, -0.2) is 13.1 Å². The lowest BCUT2D eigenvalue weighted by Crippen LogP contribution is -2.51. The van der Waals surface area contributed by atoms with E-state index in [0.717, 1.165) is 25.7 Å². The normalized spacial score (nSPS) is 25.2. The van der Waals surface area contributed by atoms with E-state index in [-0.39, 0.29) is 35.2 Å². The van der Waals surface area contributed by atoms with Crippen LogP contribution >= 0.6 is 0 Å². The summed E-state index contributed by atoms with van der Waals surface area (Å²) in [7, 11) is -2.40. The van der Waals surface area contributed by atoms with E-state index >= 15 is 0 Å². The van der Waals surface area contributed by atoms with Gasteiger partial charge in [-0.15, -0.1) is 0 Å². The lowest BCUT2D eigenvalue weighted by atomic mass is 9.98. The number of nitrogens with one attached hydrogen (secondary N) is 2. The molecule has 0 radical (unpaired) electrons. The summed E-state index contributed by atoms with van der Waals surface area (Å²) in [6.45, 7) is 0.236. The molecular formula is C21H32N2O6S. The molecule has 2 aliphatic rings. The zero-order chi connectivity index (χ0) is 21.6. The highest BCUT2D eigenvalue weighted by Crippen LogP contribution is 2.27. The fourth-order valence-corrected chi connectivity index (χ4v) is 5.74. The number of amides is 1. The molecule has 9 heteroatoms. The van der Waals surface area contributed by atoms with Gasteiger partial charge in [-0.1, -0.05) is 25.0 Å². The molecule has 1 amide bonds. The number of sulfonamides is 1. The van der Waals surface area contributed by atoms with Gasteiger partial charge < -0.3 is 19.9 Å². The zero-order valence-corrected chi connectivity index (χ0v) is 18.2. The van der Waals surface area contributed by atoms with Crippen LogP contribution in [0.25, 0.3) is 0 Å². The minimum absolute atomic E-state index is 0.0564. The molecule has 1 heterocycles. The van der Waals surface area contributed by atoms with Crippen molar-refractivity contribution in [2.75, 3.05) is 20.3 Å². The van der Waals surface area contributed by atoms with E-state index in [2.05, 4.69) is 10.0 Å². The Kier molecular flexibility index (Phi) is 8.10. The van der Waals surface area contributed by atoms with Crippen LogP contribution in [0.2, 0.25) is 0 Å². The first kappa shape index (κ1) is 23.0. The molecule has 2 fully saturated rings. The van der Waals surface area contributed by atoms with Gasteiger partial charge in [0.15, 0.2) is 0 Å². The van der Waals surface area contributed by atoms with Crippen LogP contribution in [0.1, 0.15) is 44.9 Å². The highest BCUT2D eigenvalue weighted by atomic mass is 32.2. The van der Waals surface area contributed by atoms with Crippen molar-refractivity contribution in [1.82, 2.24) is 10.0 Å². The Labute approximate surface area is 178 Å². The van der Waals surface area contributed by atoms with Gasteiger partial charge >= 0.3 is 0 Å². The lowest BCUT2D eigenvalue weighted by molar-refractivity contribution is -0.125. The molecule has 1 aliphatic carbocycles. The summed E-state index contributed by atoms with van der Waals surface area (Å²) < 4.78 is 39.4. The topological polar surface area (TPSA) is 114 Å². The predicted molar refractivity (Wildman–Crippen MR) is 112 cm³/mol. The van der Waals surface area contributed by atoms with Gasteiger partial charge in [-0.2, -0.15) is 0 Å². The van der Waals surface area contributed by atoms with E-state index < -0.39 is 22.2 Å². The number of benzene rings is 1. The van der Waals surface area contributed by atoms with Crippen molar-refractivity contribution in [1.29, 1.82) is 0 Å². The SMILES string of the molecule is COc1ccccc1S(=O)(=O)N[C@H]1CC[C@@H](CCNC(=O)C2CCCC2)O[C@H]1CO. The zero-order valence-electron chi connectivity index (χ0n) is 17.4. The summed E-state index contributed by atoms with van der Waals surface area (Å²) in [5.41, 5.74) is 0. The van der Waals surface area contributed by atoms with Gasteiger partial charge in [0.25, 0.3) is 0 Å². The molecule has 3 N–H and O–H groups in total. The quantitative estimate of drug-likeness (QED) is 0.537. The third kappa shape index (κ3) is 5.72. The van der Waals surface area contributed by atoms with Crippen LogP contribution in [-0.2, 0) is 19.6 Å². The molecule has 8 nitrogen and oxygen atoms in total. The molecule has 0 spiro atoms. The average molecular weight is 441 g/mol. The Morgan fingerprint density at radius 2 is 1.93 bits per heavy atom. The minimum atomic E-state index is -3.82. The second kappa shape index (κ2) is 10.6. The number of aliphatic hydroxyl groups is 1. The van der Waals surface area contributed by atoms with Crippen LogP contribution < -0.4 is 14.8 Å². The highest BCUT2D eigenvalue weighted by molar-refractivity contribution is 7.89.